The third-order valence-electron chi connectivity index (χ3n) is 6.62. The minimum Gasteiger partial charge on any atom is -0.349 e. The van der Waals surface area contributed by atoms with Crippen LogP contribution in [0.15, 0.2) is 48.7 Å². The molecule has 1 unspecified atom stereocenters. The first-order valence-electron chi connectivity index (χ1n) is 11.2. The van der Waals surface area contributed by atoms with Crippen LogP contribution in [0.2, 0.25) is 5.02 Å². The molecule has 3 N–H and O–H groups in total. The van der Waals surface area contributed by atoms with Crippen molar-refractivity contribution in [2.75, 3.05) is 10.6 Å². The number of aromatic nitrogens is 1. The summed E-state index contributed by atoms with van der Waals surface area (Å²) in [6.45, 7) is 1.89. The first-order valence-corrected chi connectivity index (χ1v) is 12.4. The van der Waals surface area contributed by atoms with Gasteiger partial charge in [-0.3, -0.25) is 9.59 Å². The van der Waals surface area contributed by atoms with Crippen LogP contribution in [0.25, 0.3) is 0 Å². The maximum Gasteiger partial charge on any atom is 0.267 e. The molecule has 2 aromatic carbocycles. The Morgan fingerprint density at radius 3 is 2.70 bits per heavy atom. The number of para-hydroxylation sites is 1. The van der Waals surface area contributed by atoms with E-state index in [9.17, 15) is 9.59 Å². The van der Waals surface area contributed by atoms with Crippen LogP contribution in [0.5, 0.6) is 0 Å². The van der Waals surface area contributed by atoms with Crippen LogP contribution in [0, 0.1) is 18.8 Å². The molecule has 170 valence electrons. The van der Waals surface area contributed by atoms with Gasteiger partial charge in [-0.05, 0) is 67.9 Å². The van der Waals surface area contributed by atoms with Crippen LogP contribution in [0.1, 0.15) is 51.3 Å². The number of amides is 2. The molecule has 0 spiro atoms. The molecule has 3 atom stereocenters. The lowest BCUT2D eigenvalue weighted by Crippen LogP contribution is -2.38. The Bertz CT molecular complexity index is 1190. The summed E-state index contributed by atoms with van der Waals surface area (Å²) in [7, 11) is 0. The highest BCUT2D eigenvalue weighted by Gasteiger charge is 2.40. The Morgan fingerprint density at radius 2 is 1.94 bits per heavy atom. The molecular formula is C25H25ClN4O2S. The van der Waals surface area contributed by atoms with Crippen molar-refractivity contribution in [3.8, 4) is 0 Å². The van der Waals surface area contributed by atoms with Gasteiger partial charge < -0.3 is 16.0 Å². The smallest absolute Gasteiger partial charge is 0.267 e. The van der Waals surface area contributed by atoms with Crippen LogP contribution < -0.4 is 16.0 Å². The first-order chi connectivity index (χ1) is 16.0. The fraction of sp³-hybridized carbons (Fsp3) is 0.320. The van der Waals surface area contributed by atoms with Crippen molar-refractivity contribution in [1.29, 1.82) is 0 Å². The first kappa shape index (κ1) is 21.9. The molecule has 2 aliphatic carbocycles. The summed E-state index contributed by atoms with van der Waals surface area (Å²) in [5, 5.41) is 10.4. The number of aryl methyl sites for hydroxylation is 1. The maximum atomic E-state index is 12.8. The Labute approximate surface area is 201 Å². The number of carbonyl (C=O) groups is 2. The van der Waals surface area contributed by atoms with E-state index in [0.717, 1.165) is 23.6 Å². The van der Waals surface area contributed by atoms with Gasteiger partial charge in [0.05, 0.1) is 16.9 Å². The highest BCUT2D eigenvalue weighted by atomic mass is 35.5. The van der Waals surface area contributed by atoms with E-state index >= 15 is 0 Å². The predicted molar refractivity (Wildman–Crippen MR) is 133 cm³/mol. The molecule has 2 saturated carbocycles. The van der Waals surface area contributed by atoms with Gasteiger partial charge in [-0.2, -0.15) is 0 Å². The highest BCUT2D eigenvalue weighted by molar-refractivity contribution is 7.17. The molecule has 1 aromatic heterocycles. The number of fused-ring (bicyclic) bond motifs is 2. The van der Waals surface area contributed by atoms with Gasteiger partial charge in [0.1, 0.15) is 4.88 Å². The van der Waals surface area contributed by atoms with Crippen molar-refractivity contribution in [3.63, 3.8) is 0 Å². The lowest BCUT2D eigenvalue weighted by Gasteiger charge is -2.23. The van der Waals surface area contributed by atoms with Gasteiger partial charge in [0.25, 0.3) is 11.8 Å². The predicted octanol–water partition coefficient (Wildman–Crippen LogP) is 6.02. The average molecular weight is 481 g/mol. The van der Waals surface area contributed by atoms with Gasteiger partial charge in [0.15, 0.2) is 5.13 Å². The quantitative estimate of drug-likeness (QED) is 0.403. The van der Waals surface area contributed by atoms with Gasteiger partial charge in [0.2, 0.25) is 0 Å². The molecule has 8 heteroatoms. The van der Waals surface area contributed by atoms with E-state index in [1.165, 1.54) is 36.8 Å². The number of rotatable bonds is 6. The van der Waals surface area contributed by atoms with Gasteiger partial charge in [-0.15, -0.1) is 0 Å². The van der Waals surface area contributed by atoms with Crippen LogP contribution in [-0.2, 0) is 0 Å². The molecule has 2 bridgehead atoms. The van der Waals surface area contributed by atoms with Gasteiger partial charge in [-0.1, -0.05) is 47.6 Å². The van der Waals surface area contributed by atoms with E-state index in [1.807, 2.05) is 43.3 Å². The third-order valence-corrected chi connectivity index (χ3v) is 7.85. The zero-order chi connectivity index (χ0) is 22.9. The molecule has 6 nitrogen and oxygen atoms in total. The van der Waals surface area contributed by atoms with E-state index in [0.29, 0.717) is 38.2 Å². The van der Waals surface area contributed by atoms with Gasteiger partial charge >= 0.3 is 0 Å². The fourth-order valence-corrected chi connectivity index (χ4v) is 5.94. The minimum atomic E-state index is -0.268. The summed E-state index contributed by atoms with van der Waals surface area (Å²) in [5.41, 5.74) is 2.85. The second-order valence-electron chi connectivity index (χ2n) is 8.88. The van der Waals surface area contributed by atoms with Crippen LogP contribution in [0.4, 0.5) is 16.5 Å². The molecule has 3 aromatic rings. The van der Waals surface area contributed by atoms with Crippen molar-refractivity contribution in [2.24, 2.45) is 11.8 Å². The van der Waals surface area contributed by atoms with E-state index < -0.39 is 0 Å². The standard InChI is InChI=1S/C25H25ClN4O2S/c1-14-4-2-7-19(26)22(14)30-24(32)21-13-27-25(33-21)28-18-6-3-5-17(12-18)23(31)29-20-11-15-8-9-16(20)10-15/h2-7,12-13,15-16,20H,8-11H2,1H3,(H,27,28)(H,29,31)(H,30,32)/t15-,16+,20?/m1/s1. The number of hydrogen-bond donors (Lipinski definition) is 3. The highest BCUT2D eigenvalue weighted by Crippen LogP contribution is 2.44. The molecule has 0 radical (unpaired) electrons. The number of anilines is 3. The van der Waals surface area contributed by atoms with Crippen molar-refractivity contribution < 1.29 is 9.59 Å². The van der Waals surface area contributed by atoms with Crippen LogP contribution >= 0.6 is 22.9 Å². The third kappa shape index (κ3) is 4.75. The SMILES string of the molecule is Cc1cccc(Cl)c1NC(=O)c1cnc(Nc2cccc(C(=O)NC3C[C@@H]4CC[C@H]3C4)c2)s1. The average Bonchev–Trinajstić information content (AvgIpc) is 3.54. The largest absolute Gasteiger partial charge is 0.349 e. The molecule has 0 aliphatic heterocycles. The molecule has 2 fully saturated rings. The lowest BCUT2D eigenvalue weighted by atomic mass is 9.95. The number of hydrogen-bond acceptors (Lipinski definition) is 5. The number of halogens is 1. The second kappa shape index (κ2) is 9.15. The van der Waals surface area contributed by atoms with Crippen LogP contribution in [0.3, 0.4) is 0 Å². The Hall–Kier alpha value is -2.90. The summed E-state index contributed by atoms with van der Waals surface area (Å²) < 4.78 is 0. The van der Waals surface area contributed by atoms with Gasteiger partial charge in [-0.25, -0.2) is 4.98 Å². The molecule has 2 aliphatic rings. The number of benzene rings is 2. The van der Waals surface area contributed by atoms with E-state index in [-0.39, 0.29) is 11.8 Å². The summed E-state index contributed by atoms with van der Waals surface area (Å²) >= 11 is 7.45. The fourth-order valence-electron chi connectivity index (χ4n) is 4.94. The van der Waals surface area contributed by atoms with Crippen molar-refractivity contribution >= 4 is 51.3 Å². The van der Waals surface area contributed by atoms with Crippen LogP contribution in [-0.4, -0.2) is 22.8 Å². The summed E-state index contributed by atoms with van der Waals surface area (Å²) in [6, 6.07) is 13.1. The lowest BCUT2D eigenvalue weighted by molar-refractivity contribution is 0.0922. The summed E-state index contributed by atoms with van der Waals surface area (Å²) in [4.78, 5) is 30.2. The zero-order valence-corrected chi connectivity index (χ0v) is 19.8. The van der Waals surface area contributed by atoms with Gasteiger partial charge in [0, 0.05) is 17.3 Å². The number of thiazole rings is 1. The van der Waals surface area contributed by atoms with E-state index in [1.54, 1.807) is 6.07 Å². The zero-order valence-electron chi connectivity index (χ0n) is 18.2. The second-order valence-corrected chi connectivity index (χ2v) is 10.3. The van der Waals surface area contributed by atoms with Crippen molar-refractivity contribution in [3.05, 3.63) is 69.7 Å². The van der Waals surface area contributed by atoms with E-state index in [4.69, 9.17) is 11.6 Å². The molecule has 1 heterocycles. The van der Waals surface area contributed by atoms with E-state index in [2.05, 4.69) is 20.9 Å². The Balaban J connectivity index is 1.23. The normalized spacial score (nSPS) is 21.1. The number of nitrogens with zero attached hydrogens (tertiary/aromatic N) is 1. The monoisotopic (exact) mass is 480 g/mol. The number of carbonyl (C=O) groups excluding carboxylic acids is 2. The Kier molecular flexibility index (Phi) is 6.08. The molecule has 33 heavy (non-hydrogen) atoms. The molecule has 2 amide bonds. The summed E-state index contributed by atoms with van der Waals surface area (Å²) in [6.07, 6.45) is 6.42. The van der Waals surface area contributed by atoms with Crippen molar-refractivity contribution in [2.45, 2.75) is 38.6 Å². The molecule has 5 rings (SSSR count). The maximum absolute atomic E-state index is 12.8. The summed E-state index contributed by atoms with van der Waals surface area (Å²) in [5.74, 6) is 1.11. The minimum absolute atomic E-state index is 0.0366. The number of nitrogens with one attached hydrogen (secondary N) is 3. The molecule has 0 saturated heterocycles. The topological polar surface area (TPSA) is 83.1 Å². The molecular weight excluding hydrogens is 456 g/mol. The Morgan fingerprint density at radius 1 is 1.09 bits per heavy atom. The van der Waals surface area contributed by atoms with Crippen molar-refractivity contribution in [1.82, 2.24) is 10.3 Å².